The summed E-state index contributed by atoms with van der Waals surface area (Å²) in [5.74, 6) is -0.429. The molecule has 0 aromatic carbocycles. The second-order valence-electron chi connectivity index (χ2n) is 3.38. The molecule has 76 valence electrons. The lowest BCUT2D eigenvalue weighted by molar-refractivity contribution is 0.0688. The fourth-order valence-electron chi connectivity index (χ4n) is 1.34. The third-order valence-corrected chi connectivity index (χ3v) is 1.87. The molecule has 1 rings (SSSR count). The van der Waals surface area contributed by atoms with Crippen molar-refractivity contribution in [2.45, 2.75) is 26.7 Å². The Morgan fingerprint density at radius 1 is 1.43 bits per heavy atom. The number of nitrogens with two attached hydrogens (primary N) is 1. The predicted octanol–water partition coefficient (Wildman–Crippen LogP) is 1.19. The van der Waals surface area contributed by atoms with Crippen LogP contribution in [0.15, 0.2) is 0 Å². The van der Waals surface area contributed by atoms with Crippen LogP contribution >= 0.6 is 0 Å². The molecular weight excluding hydrogens is 182 g/mol. The van der Waals surface area contributed by atoms with Gasteiger partial charge in [-0.25, -0.2) is 14.8 Å². The third-order valence-electron chi connectivity index (χ3n) is 1.87. The topological polar surface area (TPSA) is 89.1 Å². The summed E-state index contributed by atoms with van der Waals surface area (Å²) in [4.78, 5) is 18.7. The highest BCUT2D eigenvalue weighted by Crippen LogP contribution is 2.23. The highest BCUT2D eigenvalue weighted by molar-refractivity contribution is 5.88. The minimum absolute atomic E-state index is 0.00157. The van der Waals surface area contributed by atoms with Crippen LogP contribution in [-0.4, -0.2) is 21.0 Å². The summed E-state index contributed by atoms with van der Waals surface area (Å²) in [6.45, 7) is 5.33. The Labute approximate surface area is 82.0 Å². The number of hydrogen-bond acceptors (Lipinski definition) is 4. The van der Waals surface area contributed by atoms with Gasteiger partial charge in [0.1, 0.15) is 11.6 Å². The molecule has 1 aromatic heterocycles. The van der Waals surface area contributed by atoms with Gasteiger partial charge in [0.15, 0.2) is 5.69 Å². The molecular formula is C9H13N3O2. The summed E-state index contributed by atoms with van der Waals surface area (Å²) in [6, 6.07) is 0. The van der Waals surface area contributed by atoms with Crippen LogP contribution in [0.4, 0.5) is 5.82 Å². The number of carboxylic acids is 1. The van der Waals surface area contributed by atoms with Crippen LogP contribution in [-0.2, 0) is 0 Å². The van der Waals surface area contributed by atoms with Crippen LogP contribution < -0.4 is 5.73 Å². The molecule has 0 amide bonds. The van der Waals surface area contributed by atoms with Gasteiger partial charge in [-0.2, -0.15) is 0 Å². The zero-order valence-electron chi connectivity index (χ0n) is 8.40. The van der Waals surface area contributed by atoms with Crippen LogP contribution in [0, 0.1) is 6.92 Å². The maximum Gasteiger partial charge on any atom is 0.355 e. The Bertz CT molecular complexity index is 375. The first-order valence-electron chi connectivity index (χ1n) is 4.30. The SMILES string of the molecule is Cc1nc(N)c(C(C)C)c(C(=O)O)n1. The molecule has 0 fully saturated rings. The van der Waals surface area contributed by atoms with Crippen LogP contribution in [0.3, 0.4) is 0 Å². The minimum atomic E-state index is -1.06. The molecule has 0 atom stereocenters. The summed E-state index contributed by atoms with van der Waals surface area (Å²) < 4.78 is 0. The van der Waals surface area contributed by atoms with Gasteiger partial charge in [-0.15, -0.1) is 0 Å². The molecule has 1 heterocycles. The zero-order chi connectivity index (χ0) is 10.9. The van der Waals surface area contributed by atoms with E-state index in [1.54, 1.807) is 6.92 Å². The van der Waals surface area contributed by atoms with Crippen LogP contribution in [0.2, 0.25) is 0 Å². The van der Waals surface area contributed by atoms with Gasteiger partial charge in [-0.3, -0.25) is 0 Å². The number of nitrogens with zero attached hydrogens (tertiary/aromatic N) is 2. The molecule has 0 unspecified atom stereocenters. The summed E-state index contributed by atoms with van der Waals surface area (Å²) in [5, 5.41) is 8.92. The smallest absolute Gasteiger partial charge is 0.355 e. The second kappa shape index (κ2) is 3.61. The number of anilines is 1. The Morgan fingerprint density at radius 2 is 2.00 bits per heavy atom. The fraction of sp³-hybridized carbons (Fsp3) is 0.444. The lowest BCUT2D eigenvalue weighted by Crippen LogP contribution is -2.13. The first-order valence-corrected chi connectivity index (χ1v) is 4.30. The molecule has 5 heteroatoms. The van der Waals surface area contributed by atoms with Crippen LogP contribution in [0.25, 0.3) is 0 Å². The second-order valence-corrected chi connectivity index (χ2v) is 3.38. The summed E-state index contributed by atoms with van der Waals surface area (Å²) in [6.07, 6.45) is 0. The number of aromatic carboxylic acids is 1. The van der Waals surface area contributed by atoms with Crippen molar-refractivity contribution < 1.29 is 9.90 Å². The van der Waals surface area contributed by atoms with E-state index >= 15 is 0 Å². The Morgan fingerprint density at radius 3 is 2.43 bits per heavy atom. The molecule has 14 heavy (non-hydrogen) atoms. The predicted molar refractivity (Wildman–Crippen MR) is 52.2 cm³/mol. The quantitative estimate of drug-likeness (QED) is 0.739. The number of nitrogen functional groups attached to an aromatic ring is 1. The molecule has 3 N–H and O–H groups in total. The molecule has 0 radical (unpaired) electrons. The molecule has 0 aliphatic heterocycles. The van der Waals surface area contributed by atoms with Gasteiger partial charge >= 0.3 is 5.97 Å². The summed E-state index contributed by atoms with van der Waals surface area (Å²) in [5.41, 5.74) is 6.15. The molecule has 5 nitrogen and oxygen atoms in total. The van der Waals surface area contributed by atoms with Crippen LogP contribution in [0.1, 0.15) is 41.6 Å². The third kappa shape index (κ3) is 1.81. The lowest BCUT2D eigenvalue weighted by Gasteiger charge is -2.11. The van der Waals surface area contributed by atoms with Gasteiger partial charge in [0, 0.05) is 5.56 Å². The van der Waals surface area contributed by atoms with Gasteiger partial charge in [0.05, 0.1) is 0 Å². The molecule has 0 aliphatic rings. The molecule has 0 bridgehead atoms. The van der Waals surface area contributed by atoms with E-state index in [9.17, 15) is 4.79 Å². The summed E-state index contributed by atoms with van der Waals surface area (Å²) in [7, 11) is 0. The van der Waals surface area contributed by atoms with E-state index < -0.39 is 5.97 Å². The normalized spacial score (nSPS) is 10.6. The molecule has 0 spiro atoms. The molecule has 1 aromatic rings. The van der Waals surface area contributed by atoms with E-state index in [0.29, 0.717) is 11.4 Å². The van der Waals surface area contributed by atoms with Crippen LogP contribution in [0.5, 0.6) is 0 Å². The first-order chi connectivity index (χ1) is 6.43. The number of carboxylic acid groups (broad SMARTS) is 1. The van der Waals surface area contributed by atoms with E-state index in [-0.39, 0.29) is 17.4 Å². The molecule has 0 saturated heterocycles. The average Bonchev–Trinajstić information content (AvgIpc) is 2.01. The van der Waals surface area contributed by atoms with Crippen molar-refractivity contribution in [3.05, 3.63) is 17.1 Å². The van der Waals surface area contributed by atoms with Gasteiger partial charge in [-0.05, 0) is 12.8 Å². The van der Waals surface area contributed by atoms with Gasteiger partial charge < -0.3 is 10.8 Å². The van der Waals surface area contributed by atoms with E-state index in [1.807, 2.05) is 13.8 Å². The maximum atomic E-state index is 10.9. The monoisotopic (exact) mass is 195 g/mol. The number of aryl methyl sites for hydroxylation is 1. The van der Waals surface area contributed by atoms with Crippen molar-refractivity contribution in [2.24, 2.45) is 0 Å². The number of aromatic nitrogens is 2. The molecule has 0 saturated carbocycles. The van der Waals surface area contributed by atoms with Crippen molar-refractivity contribution in [3.63, 3.8) is 0 Å². The largest absolute Gasteiger partial charge is 0.476 e. The van der Waals surface area contributed by atoms with Gasteiger partial charge in [-0.1, -0.05) is 13.8 Å². The first kappa shape index (κ1) is 10.4. The number of rotatable bonds is 2. The van der Waals surface area contributed by atoms with E-state index in [0.717, 1.165) is 0 Å². The Kier molecular flexibility index (Phi) is 2.69. The number of hydrogen-bond donors (Lipinski definition) is 2. The van der Waals surface area contributed by atoms with Crippen molar-refractivity contribution in [3.8, 4) is 0 Å². The molecule has 0 aliphatic carbocycles. The van der Waals surface area contributed by atoms with Crippen molar-refractivity contribution >= 4 is 11.8 Å². The van der Waals surface area contributed by atoms with E-state index in [4.69, 9.17) is 10.8 Å². The Balaban J connectivity index is 3.44. The Hall–Kier alpha value is -1.65. The fourth-order valence-corrected chi connectivity index (χ4v) is 1.34. The summed E-state index contributed by atoms with van der Waals surface area (Å²) >= 11 is 0. The minimum Gasteiger partial charge on any atom is -0.476 e. The average molecular weight is 195 g/mol. The lowest BCUT2D eigenvalue weighted by atomic mass is 10.0. The van der Waals surface area contributed by atoms with Gasteiger partial charge in [0.2, 0.25) is 0 Å². The standard InChI is InChI=1S/C9H13N3O2/c1-4(2)6-7(9(13)14)11-5(3)12-8(6)10/h4H,1-3H3,(H,13,14)(H2,10,11,12). The van der Waals surface area contributed by atoms with Crippen molar-refractivity contribution in [1.82, 2.24) is 9.97 Å². The highest BCUT2D eigenvalue weighted by Gasteiger charge is 2.19. The van der Waals surface area contributed by atoms with Crippen molar-refractivity contribution in [1.29, 1.82) is 0 Å². The van der Waals surface area contributed by atoms with Crippen molar-refractivity contribution in [2.75, 3.05) is 5.73 Å². The van der Waals surface area contributed by atoms with Gasteiger partial charge in [0.25, 0.3) is 0 Å². The maximum absolute atomic E-state index is 10.9. The zero-order valence-corrected chi connectivity index (χ0v) is 8.40. The highest BCUT2D eigenvalue weighted by atomic mass is 16.4. The van der Waals surface area contributed by atoms with E-state index in [1.165, 1.54) is 0 Å². The number of carbonyl (C=O) groups is 1. The van der Waals surface area contributed by atoms with E-state index in [2.05, 4.69) is 9.97 Å².